The molecule has 2 aromatic rings. The monoisotopic (exact) mass is 415 g/mol. The van der Waals surface area contributed by atoms with Crippen molar-refractivity contribution in [3.05, 3.63) is 83.8 Å². The molecular weight excluding hydrogens is 382 g/mol. The lowest BCUT2D eigenvalue weighted by Crippen LogP contribution is -2.43. The average Bonchev–Trinajstić information content (AvgIpc) is 2.78. The normalized spacial score (nSPS) is 16.3. The summed E-state index contributed by atoms with van der Waals surface area (Å²) in [6.45, 7) is 11.7. The van der Waals surface area contributed by atoms with Crippen molar-refractivity contribution in [1.82, 2.24) is 14.8 Å². The number of hydrogen-bond acceptors (Lipinski definition) is 5. The second kappa shape index (κ2) is 11.4. The molecule has 1 aliphatic rings. The molecule has 0 spiro atoms. The van der Waals surface area contributed by atoms with Crippen LogP contribution in [-0.4, -0.2) is 61.3 Å². The Labute approximate surface area is 186 Å². The fourth-order valence-corrected chi connectivity index (χ4v) is 3.67. The van der Waals surface area contributed by atoms with Gasteiger partial charge in [-0.05, 0) is 54.9 Å². The fourth-order valence-electron chi connectivity index (χ4n) is 3.67. The van der Waals surface area contributed by atoms with E-state index in [-0.39, 0.29) is 0 Å². The van der Waals surface area contributed by atoms with Crippen molar-refractivity contribution in [2.75, 3.05) is 45.6 Å². The maximum Gasteiger partial charge on any atom is 0.0387 e. The van der Waals surface area contributed by atoms with Crippen LogP contribution in [0, 0.1) is 0 Å². The van der Waals surface area contributed by atoms with Crippen molar-refractivity contribution in [2.24, 2.45) is 4.99 Å². The van der Waals surface area contributed by atoms with Gasteiger partial charge in [0, 0.05) is 75.3 Å². The second-order valence-corrected chi connectivity index (χ2v) is 7.86. The van der Waals surface area contributed by atoms with Crippen molar-refractivity contribution < 1.29 is 0 Å². The molecule has 31 heavy (non-hydrogen) atoms. The van der Waals surface area contributed by atoms with Crippen LogP contribution in [0.2, 0.25) is 0 Å². The van der Waals surface area contributed by atoms with Crippen LogP contribution < -0.4 is 5.32 Å². The van der Waals surface area contributed by atoms with Gasteiger partial charge in [-0.2, -0.15) is 0 Å². The smallest absolute Gasteiger partial charge is 0.0387 e. The van der Waals surface area contributed by atoms with Gasteiger partial charge in [0.1, 0.15) is 0 Å². The Hall–Kier alpha value is -3.02. The summed E-state index contributed by atoms with van der Waals surface area (Å²) in [7, 11) is 3.97. The van der Waals surface area contributed by atoms with E-state index >= 15 is 0 Å². The van der Waals surface area contributed by atoms with Gasteiger partial charge >= 0.3 is 0 Å². The summed E-state index contributed by atoms with van der Waals surface area (Å²) in [5.74, 6) is 0. The van der Waals surface area contributed by atoms with E-state index in [0.29, 0.717) is 0 Å². The zero-order valence-corrected chi connectivity index (χ0v) is 18.9. The zero-order chi connectivity index (χ0) is 22.1. The molecule has 0 saturated carbocycles. The largest absolute Gasteiger partial charge is 0.356 e. The number of aromatic nitrogens is 1. The standard InChI is InChI=1S/C26H33N5/c1-5-23(18-27-3)26-11-12-28-19-24(26)10-9-21(2)29-25-8-6-7-22(17-25)20-31-15-13-30(4)14-16-31/h5-12,17-19,29H,2,13-16,20H2,1,3-4H3/b10-9+,23-5+,27-18?. The van der Waals surface area contributed by atoms with E-state index in [2.05, 4.69) is 69.1 Å². The van der Waals surface area contributed by atoms with Crippen molar-refractivity contribution in [3.63, 3.8) is 0 Å². The maximum absolute atomic E-state index is 4.28. The molecule has 1 aromatic carbocycles. The first-order chi connectivity index (χ1) is 15.1. The van der Waals surface area contributed by atoms with E-state index in [1.54, 1.807) is 13.2 Å². The Morgan fingerprint density at radius 2 is 2.03 bits per heavy atom. The summed E-state index contributed by atoms with van der Waals surface area (Å²) in [5.41, 5.74) is 6.40. The van der Waals surface area contributed by atoms with E-state index in [4.69, 9.17) is 0 Å². The highest BCUT2D eigenvalue weighted by Crippen LogP contribution is 2.20. The molecule has 0 aliphatic carbocycles. The molecule has 0 radical (unpaired) electrons. The SMILES string of the molecule is C=C(/C=C/c1cnccc1/C(C=NC)=C/C)Nc1cccc(CN2CCN(C)CC2)c1. The Morgan fingerprint density at radius 1 is 1.23 bits per heavy atom. The van der Waals surface area contributed by atoms with Crippen LogP contribution >= 0.6 is 0 Å². The third-order valence-electron chi connectivity index (χ3n) is 5.44. The number of benzene rings is 1. The van der Waals surface area contributed by atoms with Crippen molar-refractivity contribution in [1.29, 1.82) is 0 Å². The minimum absolute atomic E-state index is 0.831. The predicted molar refractivity (Wildman–Crippen MR) is 133 cm³/mol. The average molecular weight is 416 g/mol. The van der Waals surface area contributed by atoms with Gasteiger partial charge in [-0.3, -0.25) is 14.9 Å². The van der Waals surface area contributed by atoms with Crippen LogP contribution in [0.3, 0.4) is 0 Å². The molecule has 1 aliphatic heterocycles. The molecule has 1 saturated heterocycles. The molecular formula is C26H33N5. The van der Waals surface area contributed by atoms with Crippen molar-refractivity contribution in [2.45, 2.75) is 13.5 Å². The number of piperazine rings is 1. The molecule has 2 heterocycles. The number of rotatable bonds is 8. The van der Waals surface area contributed by atoms with E-state index in [0.717, 1.165) is 60.8 Å². The van der Waals surface area contributed by atoms with Crippen LogP contribution in [0.4, 0.5) is 5.69 Å². The molecule has 0 amide bonds. The van der Waals surface area contributed by atoms with Gasteiger partial charge in [0.05, 0.1) is 0 Å². The van der Waals surface area contributed by atoms with E-state index in [1.165, 1.54) is 5.56 Å². The number of nitrogens with one attached hydrogen (secondary N) is 1. The number of pyridine rings is 1. The molecule has 1 aromatic heterocycles. The van der Waals surface area contributed by atoms with Gasteiger partial charge in [0.25, 0.3) is 0 Å². The topological polar surface area (TPSA) is 43.8 Å². The lowest BCUT2D eigenvalue weighted by molar-refractivity contribution is 0.148. The summed E-state index contributed by atoms with van der Waals surface area (Å²) >= 11 is 0. The molecule has 1 N–H and O–H groups in total. The lowest BCUT2D eigenvalue weighted by Gasteiger charge is -2.32. The third-order valence-corrected chi connectivity index (χ3v) is 5.44. The quantitative estimate of drug-likeness (QED) is 0.507. The summed E-state index contributed by atoms with van der Waals surface area (Å²) in [5, 5.41) is 3.42. The first-order valence-electron chi connectivity index (χ1n) is 10.8. The van der Waals surface area contributed by atoms with Gasteiger partial charge < -0.3 is 10.2 Å². The number of likely N-dealkylation sites (N-methyl/N-ethyl adjacent to an activating group) is 1. The van der Waals surface area contributed by atoms with Crippen molar-refractivity contribution >= 4 is 23.6 Å². The van der Waals surface area contributed by atoms with Gasteiger partial charge in [-0.1, -0.05) is 30.9 Å². The summed E-state index contributed by atoms with van der Waals surface area (Å²) < 4.78 is 0. The highest BCUT2D eigenvalue weighted by Gasteiger charge is 2.13. The van der Waals surface area contributed by atoms with Gasteiger partial charge in [0.15, 0.2) is 0 Å². The zero-order valence-electron chi connectivity index (χ0n) is 18.9. The minimum atomic E-state index is 0.831. The van der Waals surface area contributed by atoms with Gasteiger partial charge in [-0.25, -0.2) is 0 Å². The lowest BCUT2D eigenvalue weighted by atomic mass is 10.0. The van der Waals surface area contributed by atoms with Crippen LogP contribution in [0.1, 0.15) is 23.6 Å². The van der Waals surface area contributed by atoms with Crippen LogP contribution in [0.15, 0.2) is 72.1 Å². The number of anilines is 1. The van der Waals surface area contributed by atoms with E-state index in [1.807, 2.05) is 37.6 Å². The maximum atomic E-state index is 4.28. The van der Waals surface area contributed by atoms with Crippen LogP contribution in [-0.2, 0) is 6.54 Å². The second-order valence-electron chi connectivity index (χ2n) is 7.86. The number of hydrogen-bond donors (Lipinski definition) is 1. The molecule has 5 heteroatoms. The molecule has 5 nitrogen and oxygen atoms in total. The Kier molecular flexibility index (Phi) is 8.33. The molecule has 162 valence electrons. The number of nitrogens with zero attached hydrogens (tertiary/aromatic N) is 4. The van der Waals surface area contributed by atoms with E-state index in [9.17, 15) is 0 Å². The van der Waals surface area contributed by atoms with Crippen molar-refractivity contribution in [3.8, 4) is 0 Å². The fraction of sp³-hybridized carbons (Fsp3) is 0.308. The molecule has 3 rings (SSSR count). The van der Waals surface area contributed by atoms with Crippen LogP contribution in [0.25, 0.3) is 11.6 Å². The van der Waals surface area contributed by atoms with Gasteiger partial charge in [0.2, 0.25) is 0 Å². The first kappa shape index (κ1) is 22.7. The molecule has 0 unspecified atom stereocenters. The third kappa shape index (κ3) is 6.74. The highest BCUT2D eigenvalue weighted by atomic mass is 15.2. The van der Waals surface area contributed by atoms with Gasteiger partial charge in [-0.15, -0.1) is 0 Å². The molecule has 1 fully saturated rings. The first-order valence-corrected chi connectivity index (χ1v) is 10.8. The van der Waals surface area contributed by atoms with Crippen LogP contribution in [0.5, 0.6) is 0 Å². The van der Waals surface area contributed by atoms with E-state index < -0.39 is 0 Å². The Morgan fingerprint density at radius 3 is 2.77 bits per heavy atom. The highest BCUT2D eigenvalue weighted by molar-refractivity contribution is 6.10. The summed E-state index contributed by atoms with van der Waals surface area (Å²) in [6.07, 6.45) is 11.6. The Balaban J connectivity index is 1.64. The summed E-state index contributed by atoms with van der Waals surface area (Å²) in [4.78, 5) is 13.3. The summed E-state index contributed by atoms with van der Waals surface area (Å²) in [6, 6.07) is 10.6. The number of allylic oxidation sites excluding steroid dienone is 3. The number of aliphatic imine (C=N–C) groups is 1. The minimum Gasteiger partial charge on any atom is -0.356 e. The molecule has 0 atom stereocenters. The Bertz CT molecular complexity index is 965. The predicted octanol–water partition coefficient (Wildman–Crippen LogP) is 4.57. The molecule has 0 bridgehead atoms.